The minimum atomic E-state index is -0.378. The molecule has 1 aromatic rings. The van der Waals surface area contributed by atoms with E-state index in [1.54, 1.807) is 22.8 Å². The van der Waals surface area contributed by atoms with E-state index in [9.17, 15) is 9.59 Å². The number of hydrogen-bond donors (Lipinski definition) is 1. The van der Waals surface area contributed by atoms with Gasteiger partial charge in [-0.15, -0.1) is 0 Å². The summed E-state index contributed by atoms with van der Waals surface area (Å²) in [6.07, 6.45) is 3.96. The van der Waals surface area contributed by atoms with Crippen molar-refractivity contribution in [2.24, 2.45) is 7.05 Å². The number of nitrogens with one attached hydrogen (secondary N) is 1. The summed E-state index contributed by atoms with van der Waals surface area (Å²) in [7, 11) is 3.61. The van der Waals surface area contributed by atoms with Crippen molar-refractivity contribution in [1.29, 1.82) is 0 Å². The molecule has 0 aliphatic carbocycles. The lowest BCUT2D eigenvalue weighted by Gasteiger charge is -2.25. The fraction of sp³-hybridized carbons (Fsp3) is 0.688. The molecule has 3 heterocycles. The van der Waals surface area contributed by atoms with E-state index in [0.29, 0.717) is 13.1 Å². The van der Waals surface area contributed by atoms with E-state index in [0.717, 1.165) is 43.7 Å². The SMILES string of the molecule is Cc1c(NC(=O)CN2CCCC3(CC2)CN(C)C(=O)O3)cnn1C. The number of ether oxygens (including phenoxy) is 1. The van der Waals surface area contributed by atoms with Gasteiger partial charge in [-0.05, 0) is 26.3 Å². The van der Waals surface area contributed by atoms with Crippen LogP contribution in [-0.4, -0.2) is 70.4 Å². The van der Waals surface area contributed by atoms with Gasteiger partial charge < -0.3 is 15.0 Å². The van der Waals surface area contributed by atoms with Gasteiger partial charge in [-0.1, -0.05) is 0 Å². The van der Waals surface area contributed by atoms with Gasteiger partial charge in [0.25, 0.3) is 0 Å². The predicted octanol–water partition coefficient (Wildman–Crippen LogP) is 0.974. The van der Waals surface area contributed by atoms with Crippen molar-refractivity contribution in [3.8, 4) is 0 Å². The number of aromatic nitrogens is 2. The van der Waals surface area contributed by atoms with Gasteiger partial charge in [0, 0.05) is 27.1 Å². The second-order valence-corrected chi connectivity index (χ2v) is 6.85. The second kappa shape index (κ2) is 6.43. The zero-order valence-corrected chi connectivity index (χ0v) is 14.5. The van der Waals surface area contributed by atoms with E-state index in [-0.39, 0.29) is 17.6 Å². The molecule has 8 nitrogen and oxygen atoms in total. The number of nitrogens with zero attached hydrogens (tertiary/aromatic N) is 4. The van der Waals surface area contributed by atoms with Crippen molar-refractivity contribution in [1.82, 2.24) is 19.6 Å². The van der Waals surface area contributed by atoms with Crippen LogP contribution in [-0.2, 0) is 16.6 Å². The summed E-state index contributed by atoms with van der Waals surface area (Å²) in [4.78, 5) is 27.7. The van der Waals surface area contributed by atoms with Crippen LogP contribution in [0.5, 0.6) is 0 Å². The minimum Gasteiger partial charge on any atom is -0.441 e. The first-order valence-corrected chi connectivity index (χ1v) is 8.33. The van der Waals surface area contributed by atoms with Crippen LogP contribution in [0.2, 0.25) is 0 Å². The quantitative estimate of drug-likeness (QED) is 0.890. The number of aryl methyl sites for hydroxylation is 1. The van der Waals surface area contributed by atoms with Gasteiger partial charge in [0.05, 0.1) is 30.7 Å². The lowest BCUT2D eigenvalue weighted by molar-refractivity contribution is -0.117. The van der Waals surface area contributed by atoms with Gasteiger partial charge in [-0.2, -0.15) is 5.10 Å². The number of rotatable bonds is 3. The average molecular weight is 335 g/mol. The summed E-state index contributed by atoms with van der Waals surface area (Å²) in [5.41, 5.74) is 1.30. The lowest BCUT2D eigenvalue weighted by Crippen LogP contribution is -2.37. The van der Waals surface area contributed by atoms with Crippen molar-refractivity contribution >= 4 is 17.7 Å². The van der Waals surface area contributed by atoms with Gasteiger partial charge in [-0.25, -0.2) is 4.79 Å². The van der Waals surface area contributed by atoms with E-state index >= 15 is 0 Å². The first kappa shape index (κ1) is 16.8. The Morgan fingerprint density at radius 2 is 2.17 bits per heavy atom. The van der Waals surface area contributed by atoms with Crippen LogP contribution in [0.25, 0.3) is 0 Å². The van der Waals surface area contributed by atoms with Crippen molar-refractivity contribution in [2.75, 3.05) is 38.5 Å². The molecule has 0 radical (unpaired) electrons. The first-order chi connectivity index (χ1) is 11.4. The number of likely N-dealkylation sites (tertiary alicyclic amines) is 1. The van der Waals surface area contributed by atoms with E-state index in [2.05, 4.69) is 15.3 Å². The maximum atomic E-state index is 12.3. The zero-order chi connectivity index (χ0) is 17.3. The Morgan fingerprint density at radius 1 is 1.38 bits per heavy atom. The van der Waals surface area contributed by atoms with Gasteiger partial charge in [0.2, 0.25) is 5.91 Å². The largest absolute Gasteiger partial charge is 0.441 e. The molecule has 1 N–H and O–H groups in total. The van der Waals surface area contributed by atoms with E-state index < -0.39 is 0 Å². The van der Waals surface area contributed by atoms with Crippen LogP contribution >= 0.6 is 0 Å². The number of likely N-dealkylation sites (N-methyl/N-ethyl adjacent to an activating group) is 1. The molecule has 1 atom stereocenters. The Morgan fingerprint density at radius 3 is 2.79 bits per heavy atom. The molecule has 3 rings (SSSR count). The Bertz CT molecular complexity index is 644. The normalized spacial score (nSPS) is 25.0. The van der Waals surface area contributed by atoms with Gasteiger partial charge in [0.15, 0.2) is 0 Å². The molecule has 2 amide bonds. The summed E-state index contributed by atoms with van der Waals surface area (Å²) in [6.45, 7) is 4.49. The number of anilines is 1. The maximum Gasteiger partial charge on any atom is 0.410 e. The van der Waals surface area contributed by atoms with Gasteiger partial charge in [-0.3, -0.25) is 14.4 Å². The van der Waals surface area contributed by atoms with Crippen LogP contribution in [0.4, 0.5) is 10.5 Å². The molecular weight excluding hydrogens is 310 g/mol. The van der Waals surface area contributed by atoms with E-state index in [1.165, 1.54) is 0 Å². The number of carbonyl (C=O) groups is 2. The third kappa shape index (κ3) is 3.38. The Labute approximate surface area is 141 Å². The van der Waals surface area contributed by atoms with Crippen LogP contribution < -0.4 is 5.32 Å². The highest BCUT2D eigenvalue weighted by atomic mass is 16.6. The van der Waals surface area contributed by atoms with Crippen LogP contribution in [0.1, 0.15) is 25.0 Å². The topological polar surface area (TPSA) is 79.7 Å². The summed E-state index contributed by atoms with van der Waals surface area (Å²) in [5.74, 6) is -0.0393. The molecule has 1 unspecified atom stereocenters. The third-order valence-corrected chi connectivity index (χ3v) is 5.01. The molecule has 1 spiro atoms. The fourth-order valence-corrected chi connectivity index (χ4v) is 3.45. The van der Waals surface area contributed by atoms with Gasteiger partial charge in [0.1, 0.15) is 5.60 Å². The molecule has 132 valence electrons. The molecule has 2 aliphatic heterocycles. The van der Waals surface area contributed by atoms with Crippen molar-refractivity contribution in [2.45, 2.75) is 31.8 Å². The highest BCUT2D eigenvalue weighted by Gasteiger charge is 2.44. The zero-order valence-electron chi connectivity index (χ0n) is 14.5. The summed E-state index contributed by atoms with van der Waals surface area (Å²) >= 11 is 0. The summed E-state index contributed by atoms with van der Waals surface area (Å²) in [5, 5.41) is 7.04. The highest BCUT2D eigenvalue weighted by Crippen LogP contribution is 2.32. The highest BCUT2D eigenvalue weighted by molar-refractivity contribution is 5.92. The summed E-state index contributed by atoms with van der Waals surface area (Å²) in [6, 6.07) is 0. The minimum absolute atomic E-state index is 0.0393. The Balaban J connectivity index is 1.54. The average Bonchev–Trinajstić information content (AvgIpc) is 2.89. The maximum absolute atomic E-state index is 12.3. The number of hydrogen-bond acceptors (Lipinski definition) is 5. The first-order valence-electron chi connectivity index (χ1n) is 8.33. The molecular formula is C16H25N5O3. The molecule has 0 saturated carbocycles. The molecule has 2 fully saturated rings. The van der Waals surface area contributed by atoms with Crippen LogP contribution in [0.15, 0.2) is 6.20 Å². The molecule has 0 bridgehead atoms. The fourth-order valence-electron chi connectivity index (χ4n) is 3.45. The lowest BCUT2D eigenvalue weighted by atomic mass is 9.95. The molecule has 24 heavy (non-hydrogen) atoms. The molecule has 2 saturated heterocycles. The molecule has 1 aromatic heterocycles. The van der Waals surface area contributed by atoms with Crippen molar-refractivity contribution < 1.29 is 14.3 Å². The van der Waals surface area contributed by atoms with E-state index in [1.807, 2.05) is 14.0 Å². The standard InChI is InChI=1S/C16H25N5O3/c1-12-13(9-17-20(12)3)18-14(22)10-21-7-4-5-16(6-8-21)11-19(2)15(23)24-16/h9H,4-8,10-11H2,1-3H3,(H,18,22). The van der Waals surface area contributed by atoms with Crippen LogP contribution in [0.3, 0.4) is 0 Å². The van der Waals surface area contributed by atoms with E-state index in [4.69, 9.17) is 4.74 Å². The predicted molar refractivity (Wildman–Crippen MR) is 88.7 cm³/mol. The smallest absolute Gasteiger partial charge is 0.410 e. The van der Waals surface area contributed by atoms with Crippen LogP contribution in [0, 0.1) is 6.92 Å². The second-order valence-electron chi connectivity index (χ2n) is 6.85. The number of carbonyl (C=O) groups excluding carboxylic acids is 2. The van der Waals surface area contributed by atoms with Crippen molar-refractivity contribution in [3.05, 3.63) is 11.9 Å². The summed E-state index contributed by atoms with van der Waals surface area (Å²) < 4.78 is 7.33. The van der Waals surface area contributed by atoms with Gasteiger partial charge >= 0.3 is 6.09 Å². The monoisotopic (exact) mass is 335 g/mol. The molecule has 2 aliphatic rings. The molecule has 8 heteroatoms. The Kier molecular flexibility index (Phi) is 4.49. The third-order valence-electron chi connectivity index (χ3n) is 5.01. The molecule has 0 aromatic carbocycles. The van der Waals surface area contributed by atoms with Crippen molar-refractivity contribution in [3.63, 3.8) is 0 Å². The number of amides is 2. The Hall–Kier alpha value is -2.09.